The van der Waals surface area contributed by atoms with Crippen molar-refractivity contribution in [1.29, 1.82) is 0 Å². The molecule has 0 aliphatic carbocycles. The molecule has 0 aromatic carbocycles. The van der Waals surface area contributed by atoms with E-state index in [1.165, 1.54) is 22.3 Å². The first kappa shape index (κ1) is 30.5. The van der Waals surface area contributed by atoms with E-state index in [4.69, 9.17) is 19.9 Å². The zero-order valence-electron chi connectivity index (χ0n) is 25.0. The molecule has 0 radical (unpaired) electrons. The Kier molecular flexibility index (Phi) is 9.10. The Morgan fingerprint density at radius 1 is 0.683 bits per heavy atom. The van der Waals surface area contributed by atoms with Gasteiger partial charge in [-0.1, -0.05) is 73.7 Å². The summed E-state index contributed by atoms with van der Waals surface area (Å²) in [4.78, 5) is 31.8. The Bertz CT molecular complexity index is 1750. The fourth-order valence-electron chi connectivity index (χ4n) is 6.07. The maximum atomic E-state index is 11.5. The monoisotopic (exact) mass is 590 g/mol. The molecule has 0 saturated carbocycles. The van der Waals surface area contributed by atoms with E-state index in [1.54, 1.807) is 0 Å². The second-order valence-corrected chi connectivity index (χ2v) is 10.9. The van der Waals surface area contributed by atoms with E-state index in [2.05, 4.69) is 65.8 Å². The van der Waals surface area contributed by atoms with E-state index in [1.807, 2.05) is 6.92 Å². The molecule has 0 amide bonds. The molecular weight excluding hydrogens is 552 g/mol. The van der Waals surface area contributed by atoms with Crippen LogP contribution in [0.15, 0.2) is 24.3 Å². The number of carboxylic acids is 1. The van der Waals surface area contributed by atoms with Crippen molar-refractivity contribution in [3.8, 4) is 0 Å². The van der Waals surface area contributed by atoms with Gasteiger partial charge in [-0.3, -0.25) is 4.79 Å². The number of nitrogens with zero attached hydrogens (tertiary/aromatic N) is 4. The average molecular weight is 591 g/mol. The zero-order chi connectivity index (χ0) is 28.7. The molecule has 5 heterocycles. The van der Waals surface area contributed by atoms with Gasteiger partial charge in [0.2, 0.25) is 0 Å². The van der Waals surface area contributed by atoms with Crippen LogP contribution >= 0.6 is 0 Å². The number of hydrogen-bond donors (Lipinski definition) is 1. The van der Waals surface area contributed by atoms with E-state index in [-0.39, 0.29) is 23.5 Å². The second-order valence-electron chi connectivity index (χ2n) is 10.9. The number of carbonyl (C=O) groups is 1. The molecule has 6 nitrogen and oxygen atoms in total. The van der Waals surface area contributed by atoms with Crippen molar-refractivity contribution in [2.24, 2.45) is 0 Å². The Hall–Kier alpha value is -3.41. The van der Waals surface area contributed by atoms with Gasteiger partial charge >= 0.3 is 23.0 Å². The fraction of sp³-hybridized carbons (Fsp3) is 0.382. The summed E-state index contributed by atoms with van der Waals surface area (Å²) >= 11 is 0. The van der Waals surface area contributed by atoms with Gasteiger partial charge in [-0.25, -0.2) is 9.97 Å². The van der Waals surface area contributed by atoms with Gasteiger partial charge in [-0.2, -0.15) is 0 Å². The maximum absolute atomic E-state index is 11.5. The molecule has 1 N–H and O–H groups in total. The Morgan fingerprint density at radius 3 is 1.73 bits per heavy atom. The van der Waals surface area contributed by atoms with Gasteiger partial charge in [0.25, 0.3) is 0 Å². The molecule has 8 bridgehead atoms. The normalized spacial score (nSPS) is 13.1. The molecule has 0 fully saturated rings. The van der Waals surface area contributed by atoms with Gasteiger partial charge in [0.05, 0.1) is 22.8 Å². The summed E-state index contributed by atoms with van der Waals surface area (Å²) in [7, 11) is 0. The van der Waals surface area contributed by atoms with Crippen molar-refractivity contribution in [3.05, 3.63) is 69.3 Å². The summed E-state index contributed by atoms with van der Waals surface area (Å²) in [5, 5.41) is 9.46. The van der Waals surface area contributed by atoms with Crippen LogP contribution in [0.2, 0.25) is 0 Å². The maximum Gasteiger partial charge on any atom is 2.00 e. The number of aromatic nitrogens is 4. The molecule has 0 spiro atoms. The largest absolute Gasteiger partial charge is 2.00 e. The van der Waals surface area contributed by atoms with Crippen molar-refractivity contribution in [2.45, 2.75) is 87.0 Å². The molecule has 3 aromatic heterocycles. The average Bonchev–Trinajstić information content (AvgIpc) is 3.57. The number of fused-ring (bicyclic) bond motifs is 8. The van der Waals surface area contributed by atoms with Crippen LogP contribution in [0.4, 0.5) is 0 Å². The third-order valence-corrected chi connectivity index (χ3v) is 8.44. The van der Waals surface area contributed by atoms with E-state index >= 15 is 0 Å². The topological polar surface area (TPSA) is 91.3 Å². The second kappa shape index (κ2) is 12.2. The quantitative estimate of drug-likeness (QED) is 0.282. The first-order valence-electron chi connectivity index (χ1n) is 14.4. The smallest absolute Gasteiger partial charge is 0.657 e. The number of carboxylic acid groups (broad SMARTS) is 1. The van der Waals surface area contributed by atoms with Crippen molar-refractivity contribution in [1.82, 2.24) is 19.9 Å². The van der Waals surface area contributed by atoms with Crippen LogP contribution in [-0.2, 0) is 34.7 Å². The molecule has 0 atom stereocenters. The van der Waals surface area contributed by atoms with Gasteiger partial charge in [0, 0.05) is 6.42 Å². The minimum absolute atomic E-state index is 0. The summed E-state index contributed by atoms with van der Waals surface area (Å²) in [5.74, 6) is -0.814. The van der Waals surface area contributed by atoms with Crippen LogP contribution in [0.5, 0.6) is 0 Å². The molecule has 3 aromatic rings. The molecule has 2 aliphatic rings. The predicted molar refractivity (Wildman–Crippen MR) is 164 cm³/mol. The van der Waals surface area contributed by atoms with E-state index < -0.39 is 5.97 Å². The van der Waals surface area contributed by atoms with Crippen molar-refractivity contribution in [2.75, 3.05) is 0 Å². The molecule has 41 heavy (non-hydrogen) atoms. The van der Waals surface area contributed by atoms with Crippen molar-refractivity contribution in [3.63, 3.8) is 0 Å². The van der Waals surface area contributed by atoms with E-state index in [0.29, 0.717) is 6.42 Å². The van der Waals surface area contributed by atoms with Crippen LogP contribution in [-0.4, -0.2) is 21.0 Å². The number of allylic oxidation sites excluding steroid dienone is 4. The van der Waals surface area contributed by atoms with Gasteiger partial charge in [-0.15, -0.1) is 22.1 Å². The number of aliphatic carboxylic acids is 1. The summed E-state index contributed by atoms with van der Waals surface area (Å²) in [6, 6.07) is 8.37. The Balaban J connectivity index is 0.00000387. The van der Waals surface area contributed by atoms with Crippen LogP contribution in [0, 0.1) is 13.8 Å². The van der Waals surface area contributed by atoms with Gasteiger partial charge in [-0.05, 0) is 75.7 Å². The third kappa shape index (κ3) is 5.58. The fourth-order valence-corrected chi connectivity index (χ4v) is 6.07. The van der Waals surface area contributed by atoms with Gasteiger partial charge in [0.1, 0.15) is 0 Å². The molecule has 2 aliphatic heterocycles. The first-order valence-corrected chi connectivity index (χ1v) is 14.4. The zero-order valence-corrected chi connectivity index (χ0v) is 26.2. The summed E-state index contributed by atoms with van der Waals surface area (Å²) in [5.41, 5.74) is 16.4. The SMILES string of the molecule is CCCC1=C(C)c2cc3[n-]c(cc4nc(cc5[n-]c(cc1n2)c(CCC(=O)O)c5C)C(CC)=C4C)c(CC)c3C.[Fe+2]. The molecule has 214 valence electrons. The Morgan fingerprint density at radius 2 is 1.17 bits per heavy atom. The first-order chi connectivity index (χ1) is 19.2. The van der Waals surface area contributed by atoms with Gasteiger partial charge in [0.15, 0.2) is 0 Å². The van der Waals surface area contributed by atoms with Crippen LogP contribution in [0.1, 0.15) is 105 Å². The molecule has 5 rings (SSSR count). The van der Waals surface area contributed by atoms with Crippen molar-refractivity contribution >= 4 is 50.3 Å². The summed E-state index contributed by atoms with van der Waals surface area (Å²) < 4.78 is 0. The van der Waals surface area contributed by atoms with Crippen LogP contribution in [0.3, 0.4) is 0 Å². The predicted octanol–water partition coefficient (Wildman–Crippen LogP) is 7.84. The minimum atomic E-state index is -0.814. The summed E-state index contributed by atoms with van der Waals surface area (Å²) in [6.07, 6.45) is 4.13. The molecular formula is C34H38FeN4O2. The number of hydrogen-bond acceptors (Lipinski definition) is 3. The van der Waals surface area contributed by atoms with E-state index in [9.17, 15) is 9.90 Å². The van der Waals surface area contributed by atoms with Crippen molar-refractivity contribution < 1.29 is 27.0 Å². The van der Waals surface area contributed by atoms with Crippen LogP contribution in [0.25, 0.3) is 44.4 Å². The van der Waals surface area contributed by atoms with E-state index in [0.717, 1.165) is 92.8 Å². The molecule has 7 heteroatoms. The number of aryl methyl sites for hydroxylation is 4. The van der Waals surface area contributed by atoms with Gasteiger partial charge < -0.3 is 15.1 Å². The minimum Gasteiger partial charge on any atom is -0.657 e. The summed E-state index contributed by atoms with van der Waals surface area (Å²) in [6.45, 7) is 15.0. The standard InChI is InChI=1S/C34H39N4O2.Fe/c1-8-11-24-20(6)27-14-26-18(4)22(9-2)30(35-26)15-28-19(5)23(10-3)31(36-28)16-29-21(7)25(12-13-34(39)40)33(38-29)17-32(24)37-27;/h14-17H,8-13H2,1-7H3,(H2-,35,36,37,38,39,40);/q-1;+2/p-1. The number of rotatable bonds is 7. The molecule has 0 unspecified atom stereocenters. The third-order valence-electron chi connectivity index (χ3n) is 8.44. The molecule has 0 saturated heterocycles. The van der Waals surface area contributed by atoms with Crippen LogP contribution < -0.4 is 9.97 Å². The Labute approximate surface area is 252 Å².